The zero-order valence-corrected chi connectivity index (χ0v) is 11.3. The zero-order valence-electron chi connectivity index (χ0n) is 11.3. The molecule has 1 aliphatic rings. The fraction of sp³-hybridized carbons (Fsp3) is 0.533. The Hall–Kier alpha value is -1.55. The van der Waals surface area contributed by atoms with Crippen molar-refractivity contribution in [1.82, 2.24) is 15.3 Å². The van der Waals surface area contributed by atoms with Gasteiger partial charge in [0.25, 0.3) is 0 Å². The number of imidazole rings is 1. The maximum atomic E-state index is 11.3. The molecule has 2 aromatic rings. The van der Waals surface area contributed by atoms with Gasteiger partial charge in [-0.25, -0.2) is 4.79 Å². The van der Waals surface area contributed by atoms with Gasteiger partial charge < -0.3 is 15.3 Å². The summed E-state index contributed by atoms with van der Waals surface area (Å²) < 4.78 is 0. The van der Waals surface area contributed by atoms with Gasteiger partial charge in [0.1, 0.15) is 0 Å². The molecule has 1 saturated carbocycles. The average molecular weight is 259 g/mol. The van der Waals surface area contributed by atoms with E-state index < -0.39 is 0 Å². The van der Waals surface area contributed by atoms with Crippen molar-refractivity contribution in [3.63, 3.8) is 0 Å². The van der Waals surface area contributed by atoms with Crippen LogP contribution in [0.15, 0.2) is 23.0 Å². The van der Waals surface area contributed by atoms with Gasteiger partial charge in [-0.2, -0.15) is 0 Å². The van der Waals surface area contributed by atoms with E-state index in [-0.39, 0.29) is 5.69 Å². The van der Waals surface area contributed by atoms with Crippen molar-refractivity contribution >= 4 is 11.0 Å². The first-order valence-corrected chi connectivity index (χ1v) is 7.21. The van der Waals surface area contributed by atoms with Crippen molar-refractivity contribution in [2.24, 2.45) is 5.92 Å². The monoisotopic (exact) mass is 259 g/mol. The fourth-order valence-electron chi connectivity index (χ4n) is 2.91. The Morgan fingerprint density at radius 3 is 2.79 bits per heavy atom. The number of H-pyrrole nitrogens is 2. The van der Waals surface area contributed by atoms with E-state index in [1.807, 2.05) is 6.07 Å². The van der Waals surface area contributed by atoms with Crippen molar-refractivity contribution in [3.05, 3.63) is 34.2 Å². The van der Waals surface area contributed by atoms with E-state index >= 15 is 0 Å². The second-order valence-corrected chi connectivity index (χ2v) is 5.53. The third kappa shape index (κ3) is 2.59. The molecule has 1 aromatic heterocycles. The Morgan fingerprint density at radius 2 is 2.11 bits per heavy atom. The Kier molecular flexibility index (Phi) is 3.42. The second kappa shape index (κ2) is 5.21. The topological polar surface area (TPSA) is 60.7 Å². The number of nitrogens with one attached hydrogen (secondary N) is 3. The maximum Gasteiger partial charge on any atom is 0.323 e. The van der Waals surface area contributed by atoms with E-state index in [2.05, 4.69) is 34.3 Å². The molecule has 4 heteroatoms. The van der Waals surface area contributed by atoms with Crippen LogP contribution in [0, 0.1) is 5.92 Å². The predicted molar refractivity (Wildman–Crippen MR) is 77.3 cm³/mol. The molecular formula is C15H21N3O. The van der Waals surface area contributed by atoms with Crippen molar-refractivity contribution in [2.75, 3.05) is 6.54 Å². The van der Waals surface area contributed by atoms with E-state index in [9.17, 15) is 4.79 Å². The molecule has 102 valence electrons. The van der Waals surface area contributed by atoms with Gasteiger partial charge in [0.05, 0.1) is 11.0 Å². The zero-order chi connectivity index (χ0) is 13.2. The smallest absolute Gasteiger partial charge is 0.310 e. The Morgan fingerprint density at radius 1 is 1.32 bits per heavy atom. The van der Waals surface area contributed by atoms with E-state index in [0.29, 0.717) is 6.04 Å². The molecule has 1 aromatic carbocycles. The number of aromatic amines is 2. The van der Waals surface area contributed by atoms with Gasteiger partial charge in [-0.3, -0.25) is 0 Å². The molecule has 3 rings (SSSR count). The minimum atomic E-state index is -0.133. The minimum absolute atomic E-state index is 0.133. The van der Waals surface area contributed by atoms with Gasteiger partial charge in [0.15, 0.2) is 0 Å². The molecule has 4 nitrogen and oxygen atoms in total. The minimum Gasteiger partial charge on any atom is -0.310 e. The van der Waals surface area contributed by atoms with Gasteiger partial charge in [-0.15, -0.1) is 0 Å². The number of benzene rings is 1. The summed E-state index contributed by atoms with van der Waals surface area (Å²) >= 11 is 0. The van der Waals surface area contributed by atoms with Gasteiger partial charge in [0.2, 0.25) is 0 Å². The molecule has 0 saturated heterocycles. The van der Waals surface area contributed by atoms with Crippen LogP contribution < -0.4 is 11.0 Å². The highest BCUT2D eigenvalue weighted by Crippen LogP contribution is 2.35. The Bertz CT molecular complexity index is 609. The fourth-order valence-corrected chi connectivity index (χ4v) is 2.91. The second-order valence-electron chi connectivity index (χ2n) is 5.53. The van der Waals surface area contributed by atoms with Crippen LogP contribution in [-0.4, -0.2) is 16.5 Å². The molecular weight excluding hydrogens is 238 g/mol. The first-order valence-electron chi connectivity index (χ1n) is 7.21. The molecule has 1 atom stereocenters. The molecule has 1 aliphatic carbocycles. The van der Waals surface area contributed by atoms with Crippen molar-refractivity contribution < 1.29 is 0 Å². The molecule has 1 fully saturated rings. The highest BCUT2D eigenvalue weighted by Gasteiger charge is 2.22. The molecule has 1 heterocycles. The first-order chi connectivity index (χ1) is 9.26. The van der Waals surface area contributed by atoms with E-state index in [0.717, 1.165) is 23.5 Å². The number of fused-ring (bicyclic) bond motifs is 1. The summed E-state index contributed by atoms with van der Waals surface area (Å²) in [6.45, 7) is 3.11. The summed E-state index contributed by atoms with van der Waals surface area (Å²) in [7, 11) is 0. The van der Waals surface area contributed by atoms with Crippen LogP contribution >= 0.6 is 0 Å². The molecule has 0 spiro atoms. The first kappa shape index (κ1) is 12.5. The lowest BCUT2D eigenvalue weighted by Crippen LogP contribution is -2.25. The van der Waals surface area contributed by atoms with Gasteiger partial charge in [-0.05, 0) is 36.6 Å². The lowest BCUT2D eigenvalue weighted by molar-refractivity contribution is 0.262. The molecule has 0 bridgehead atoms. The summed E-state index contributed by atoms with van der Waals surface area (Å²) in [6, 6.07) is 6.61. The standard InChI is InChI=1S/C15H21N3O/c1-2-16-13(8-10-4-3-5-10)11-6-7-12-14(9-11)18-15(19)17-12/h6-7,9-10,13,16H,2-5,8H2,1H3,(H2,17,18,19). The highest BCUT2D eigenvalue weighted by atomic mass is 16.1. The van der Waals surface area contributed by atoms with Gasteiger partial charge in [-0.1, -0.05) is 32.3 Å². The van der Waals surface area contributed by atoms with Crippen molar-refractivity contribution in [1.29, 1.82) is 0 Å². The van der Waals surface area contributed by atoms with Crippen LogP contribution in [0.5, 0.6) is 0 Å². The number of rotatable bonds is 5. The molecule has 0 amide bonds. The summed E-state index contributed by atoms with van der Waals surface area (Å²) in [5.74, 6) is 0.866. The average Bonchev–Trinajstić information content (AvgIpc) is 2.71. The van der Waals surface area contributed by atoms with Crippen LogP contribution in [0.1, 0.15) is 44.2 Å². The Labute approximate surface area is 112 Å². The summed E-state index contributed by atoms with van der Waals surface area (Å²) in [5, 5.41) is 3.57. The third-order valence-corrected chi connectivity index (χ3v) is 4.19. The number of hydrogen-bond acceptors (Lipinski definition) is 2. The molecule has 0 aliphatic heterocycles. The maximum absolute atomic E-state index is 11.3. The summed E-state index contributed by atoms with van der Waals surface area (Å²) in [5.41, 5.74) is 2.93. The van der Waals surface area contributed by atoms with E-state index in [1.54, 1.807) is 0 Å². The van der Waals surface area contributed by atoms with Crippen LogP contribution in [0.4, 0.5) is 0 Å². The predicted octanol–water partition coefficient (Wildman–Crippen LogP) is 2.70. The SMILES string of the molecule is CCNC(CC1CCC1)c1ccc2[nH]c(=O)[nH]c2c1. The van der Waals surface area contributed by atoms with E-state index in [4.69, 9.17) is 0 Å². The van der Waals surface area contributed by atoms with Crippen LogP contribution in [0.3, 0.4) is 0 Å². The number of aromatic nitrogens is 2. The summed E-state index contributed by atoms with van der Waals surface area (Å²) in [4.78, 5) is 16.9. The lowest BCUT2D eigenvalue weighted by Gasteiger charge is -2.30. The van der Waals surface area contributed by atoms with Gasteiger partial charge >= 0.3 is 5.69 Å². The third-order valence-electron chi connectivity index (χ3n) is 4.19. The molecule has 19 heavy (non-hydrogen) atoms. The normalized spacial score (nSPS) is 17.5. The molecule has 3 N–H and O–H groups in total. The van der Waals surface area contributed by atoms with E-state index in [1.165, 1.54) is 31.2 Å². The van der Waals surface area contributed by atoms with Crippen LogP contribution in [0.2, 0.25) is 0 Å². The highest BCUT2D eigenvalue weighted by molar-refractivity contribution is 5.75. The number of hydrogen-bond donors (Lipinski definition) is 3. The van der Waals surface area contributed by atoms with Crippen molar-refractivity contribution in [3.8, 4) is 0 Å². The van der Waals surface area contributed by atoms with Crippen LogP contribution in [0.25, 0.3) is 11.0 Å². The Balaban J connectivity index is 1.86. The largest absolute Gasteiger partial charge is 0.323 e. The van der Waals surface area contributed by atoms with Crippen molar-refractivity contribution in [2.45, 2.75) is 38.6 Å². The molecule has 0 radical (unpaired) electrons. The lowest BCUT2D eigenvalue weighted by atomic mass is 9.79. The van der Waals surface area contributed by atoms with Crippen LogP contribution in [-0.2, 0) is 0 Å². The summed E-state index contributed by atoms with van der Waals surface area (Å²) in [6.07, 6.45) is 5.32. The van der Waals surface area contributed by atoms with Gasteiger partial charge in [0, 0.05) is 6.04 Å². The quantitative estimate of drug-likeness (QED) is 0.773. The molecule has 1 unspecified atom stereocenters.